The molecule has 3 aromatic rings. The van der Waals surface area contributed by atoms with E-state index in [-0.39, 0.29) is 47.2 Å². The van der Waals surface area contributed by atoms with Gasteiger partial charge in [0.05, 0.1) is 11.3 Å². The minimum absolute atomic E-state index is 0.0255. The second-order valence-electron chi connectivity index (χ2n) is 8.76. The van der Waals surface area contributed by atoms with E-state index in [4.69, 9.17) is 11.5 Å². The fourth-order valence-electron chi connectivity index (χ4n) is 4.74. The van der Waals surface area contributed by atoms with Crippen molar-refractivity contribution in [3.05, 3.63) is 82.8 Å². The lowest BCUT2D eigenvalue weighted by atomic mass is 9.78. The molecular formula is C26H28F2N4O. The normalized spacial score (nSPS) is 20.6. The van der Waals surface area contributed by atoms with Crippen LogP contribution in [0.4, 0.5) is 8.78 Å². The summed E-state index contributed by atoms with van der Waals surface area (Å²) in [5, 5.41) is 0. The molecule has 2 aromatic heterocycles. The highest BCUT2D eigenvalue weighted by atomic mass is 19.1. The van der Waals surface area contributed by atoms with Crippen molar-refractivity contribution < 1.29 is 13.6 Å². The molecule has 3 atom stereocenters. The zero-order chi connectivity index (χ0) is 23.5. The quantitative estimate of drug-likeness (QED) is 0.545. The molecule has 5 nitrogen and oxygen atoms in total. The van der Waals surface area contributed by atoms with Crippen LogP contribution in [-0.4, -0.2) is 27.8 Å². The summed E-state index contributed by atoms with van der Waals surface area (Å²) in [6.07, 6.45) is 6.31. The molecule has 0 amide bonds. The van der Waals surface area contributed by atoms with Crippen LogP contribution in [0, 0.1) is 11.6 Å². The van der Waals surface area contributed by atoms with Gasteiger partial charge >= 0.3 is 0 Å². The number of nitrogens with two attached hydrogens (primary N) is 2. The number of rotatable bonds is 6. The predicted molar refractivity (Wildman–Crippen MR) is 124 cm³/mol. The molecule has 1 unspecified atom stereocenters. The summed E-state index contributed by atoms with van der Waals surface area (Å²) in [7, 11) is 0. The van der Waals surface area contributed by atoms with Crippen molar-refractivity contribution in [1.82, 2.24) is 9.97 Å². The van der Waals surface area contributed by atoms with Gasteiger partial charge in [-0.25, -0.2) is 13.8 Å². The Balaban J connectivity index is 1.62. The molecule has 4 N–H and O–H groups in total. The first-order chi connectivity index (χ1) is 15.9. The maximum Gasteiger partial charge on any atom is 0.185 e. The first-order valence-electron chi connectivity index (χ1n) is 11.3. The van der Waals surface area contributed by atoms with Crippen molar-refractivity contribution in [3.63, 3.8) is 0 Å². The number of benzene rings is 1. The number of ketones is 1. The standard InChI is InChI=1S/C26H28F2N4O/c1-2-15-6-7-21(27)25(26(15)28)23-5-3-4-22(32-23)24(33)12-17-14-31-9-8-20(17)16-10-18(29)13-19(30)11-16/h3-9,14,16,18-19H,2,10-13,29-30H2,1H3/t16?,18-,19+. The fraction of sp³-hybridized carbons (Fsp3) is 0.346. The highest BCUT2D eigenvalue weighted by molar-refractivity contribution is 5.96. The van der Waals surface area contributed by atoms with Crippen molar-refractivity contribution >= 4 is 5.78 Å². The van der Waals surface area contributed by atoms with Gasteiger partial charge in [0.2, 0.25) is 0 Å². The van der Waals surface area contributed by atoms with Crippen LogP contribution in [0.3, 0.4) is 0 Å². The van der Waals surface area contributed by atoms with Gasteiger partial charge < -0.3 is 11.5 Å². The molecule has 1 fully saturated rings. The summed E-state index contributed by atoms with van der Waals surface area (Å²) in [5.41, 5.74) is 14.6. The molecular weight excluding hydrogens is 422 g/mol. The third kappa shape index (κ3) is 4.99. The molecule has 1 aliphatic carbocycles. The Labute approximate surface area is 192 Å². The first-order valence-corrected chi connectivity index (χ1v) is 11.3. The van der Waals surface area contributed by atoms with E-state index in [1.54, 1.807) is 31.5 Å². The van der Waals surface area contributed by atoms with Crippen LogP contribution in [0.2, 0.25) is 0 Å². The van der Waals surface area contributed by atoms with Crippen LogP contribution in [0.25, 0.3) is 11.3 Å². The average molecular weight is 451 g/mol. The van der Waals surface area contributed by atoms with E-state index in [0.29, 0.717) is 12.0 Å². The number of aromatic nitrogens is 2. The summed E-state index contributed by atoms with van der Waals surface area (Å²) in [4.78, 5) is 21.6. The number of hydrogen-bond acceptors (Lipinski definition) is 5. The summed E-state index contributed by atoms with van der Waals surface area (Å²) >= 11 is 0. The first kappa shape index (κ1) is 23.1. The SMILES string of the molecule is CCc1ccc(F)c(-c2cccc(C(=O)Cc3cnccc3C3C[C@@H](N)C[C@@H](N)C3)n2)c1F. The van der Waals surface area contributed by atoms with Gasteiger partial charge in [-0.1, -0.05) is 19.1 Å². The van der Waals surface area contributed by atoms with Gasteiger partial charge in [0, 0.05) is 30.9 Å². The van der Waals surface area contributed by atoms with Crippen LogP contribution in [-0.2, 0) is 12.8 Å². The van der Waals surface area contributed by atoms with Crippen LogP contribution in [0.5, 0.6) is 0 Å². The topological polar surface area (TPSA) is 94.9 Å². The number of nitrogens with zero attached hydrogens (tertiary/aromatic N) is 2. The molecule has 1 aliphatic rings. The highest BCUT2D eigenvalue weighted by Crippen LogP contribution is 2.34. The number of carbonyl (C=O) groups excluding carboxylic acids is 1. The highest BCUT2D eigenvalue weighted by Gasteiger charge is 2.28. The lowest BCUT2D eigenvalue weighted by Gasteiger charge is -2.32. The number of carbonyl (C=O) groups is 1. The third-order valence-corrected chi connectivity index (χ3v) is 6.36. The van der Waals surface area contributed by atoms with E-state index in [1.807, 2.05) is 6.07 Å². The third-order valence-electron chi connectivity index (χ3n) is 6.36. The van der Waals surface area contributed by atoms with Crippen LogP contribution in [0.15, 0.2) is 48.8 Å². The van der Waals surface area contributed by atoms with Gasteiger partial charge in [0.25, 0.3) is 0 Å². The second kappa shape index (κ2) is 9.85. The number of Topliss-reactive ketones (excluding diaryl/α,β-unsaturated/α-hetero) is 1. The molecule has 0 saturated heterocycles. The molecule has 0 bridgehead atoms. The van der Waals surface area contributed by atoms with Crippen LogP contribution in [0.1, 0.15) is 59.3 Å². The number of hydrogen-bond donors (Lipinski definition) is 2. The smallest absolute Gasteiger partial charge is 0.185 e. The minimum Gasteiger partial charge on any atom is -0.328 e. The zero-order valence-electron chi connectivity index (χ0n) is 18.6. The Morgan fingerprint density at radius 2 is 1.79 bits per heavy atom. The molecule has 2 heterocycles. The summed E-state index contributed by atoms with van der Waals surface area (Å²) < 4.78 is 29.3. The molecule has 0 aliphatic heterocycles. The van der Waals surface area contributed by atoms with E-state index < -0.39 is 11.6 Å². The molecule has 7 heteroatoms. The summed E-state index contributed by atoms with van der Waals surface area (Å²) in [6, 6.07) is 9.30. The largest absolute Gasteiger partial charge is 0.328 e. The molecule has 172 valence electrons. The van der Waals surface area contributed by atoms with Gasteiger partial charge in [-0.2, -0.15) is 0 Å². The maximum atomic E-state index is 14.8. The van der Waals surface area contributed by atoms with Gasteiger partial charge in [-0.3, -0.25) is 9.78 Å². The van der Waals surface area contributed by atoms with Gasteiger partial charge in [-0.05, 0) is 72.6 Å². The Kier molecular flexibility index (Phi) is 6.91. The number of halogens is 2. The van der Waals surface area contributed by atoms with Crippen molar-refractivity contribution in [2.24, 2.45) is 11.5 Å². The van der Waals surface area contributed by atoms with Gasteiger partial charge in [0.1, 0.15) is 17.3 Å². The van der Waals surface area contributed by atoms with E-state index in [9.17, 15) is 13.6 Å². The van der Waals surface area contributed by atoms with Crippen LogP contribution < -0.4 is 11.5 Å². The molecule has 1 saturated carbocycles. The van der Waals surface area contributed by atoms with Gasteiger partial charge in [0.15, 0.2) is 5.78 Å². The average Bonchev–Trinajstić information content (AvgIpc) is 2.79. The Morgan fingerprint density at radius 1 is 1.03 bits per heavy atom. The lowest BCUT2D eigenvalue weighted by Crippen LogP contribution is -2.39. The molecule has 4 rings (SSSR count). The van der Waals surface area contributed by atoms with Crippen molar-refractivity contribution in [2.45, 2.75) is 57.0 Å². The molecule has 1 aromatic carbocycles. The van der Waals surface area contributed by atoms with E-state index in [2.05, 4.69) is 9.97 Å². The molecule has 0 radical (unpaired) electrons. The maximum absolute atomic E-state index is 14.8. The Bertz CT molecular complexity index is 1160. The number of pyridine rings is 2. The van der Waals surface area contributed by atoms with Crippen LogP contribution >= 0.6 is 0 Å². The Hall–Kier alpha value is -3.03. The lowest BCUT2D eigenvalue weighted by molar-refractivity contribution is 0.0988. The molecule has 0 spiro atoms. The van der Waals surface area contributed by atoms with E-state index in [1.165, 1.54) is 18.2 Å². The molecule has 33 heavy (non-hydrogen) atoms. The Morgan fingerprint density at radius 3 is 2.52 bits per heavy atom. The predicted octanol–water partition coefficient (Wildman–Crippen LogP) is 4.33. The van der Waals surface area contributed by atoms with Crippen molar-refractivity contribution in [2.75, 3.05) is 0 Å². The zero-order valence-corrected chi connectivity index (χ0v) is 18.6. The van der Waals surface area contributed by atoms with Crippen molar-refractivity contribution in [3.8, 4) is 11.3 Å². The monoisotopic (exact) mass is 450 g/mol. The van der Waals surface area contributed by atoms with Crippen molar-refractivity contribution in [1.29, 1.82) is 0 Å². The second-order valence-corrected chi connectivity index (χ2v) is 8.76. The van der Waals surface area contributed by atoms with E-state index in [0.717, 1.165) is 30.4 Å². The minimum atomic E-state index is -0.707. The fourth-order valence-corrected chi connectivity index (χ4v) is 4.74. The number of aryl methyl sites for hydroxylation is 1. The van der Waals surface area contributed by atoms with Gasteiger partial charge in [-0.15, -0.1) is 0 Å². The van der Waals surface area contributed by atoms with E-state index >= 15 is 0 Å². The summed E-state index contributed by atoms with van der Waals surface area (Å²) in [5.74, 6) is -1.44. The summed E-state index contributed by atoms with van der Waals surface area (Å²) in [6.45, 7) is 1.80.